The van der Waals surface area contributed by atoms with Gasteiger partial charge in [0.05, 0.1) is 6.54 Å². The van der Waals surface area contributed by atoms with Crippen LogP contribution in [-0.2, 0) is 4.79 Å². The van der Waals surface area contributed by atoms with E-state index in [1.165, 1.54) is 24.8 Å². The lowest BCUT2D eigenvalue weighted by molar-refractivity contribution is -0.134. The van der Waals surface area contributed by atoms with Gasteiger partial charge in [-0.05, 0) is 24.5 Å². The van der Waals surface area contributed by atoms with Crippen LogP contribution in [0.4, 0.5) is 0 Å². The van der Waals surface area contributed by atoms with E-state index in [2.05, 4.69) is 21.3 Å². The summed E-state index contributed by atoms with van der Waals surface area (Å²) >= 11 is 0. The Bertz CT molecular complexity index is 507. The molecule has 0 aromatic carbocycles. The van der Waals surface area contributed by atoms with Crippen LogP contribution in [0.1, 0.15) is 43.7 Å². The number of nitrogens with one attached hydrogen (secondary N) is 1. The molecule has 1 atom stereocenters. The highest BCUT2D eigenvalue weighted by molar-refractivity contribution is 5.85. The number of likely N-dealkylation sites (N-methyl/N-ethyl adjacent to an activating group) is 1. The number of hydrogen-bond donors (Lipinski definition) is 1. The summed E-state index contributed by atoms with van der Waals surface area (Å²) in [6, 6.07) is 4.75. The van der Waals surface area contributed by atoms with Gasteiger partial charge in [-0.3, -0.25) is 14.7 Å². The molecule has 1 aromatic heterocycles. The number of carbonyl (C=O) groups excluding carboxylic acids is 1. The number of rotatable bonds is 4. The van der Waals surface area contributed by atoms with Gasteiger partial charge >= 0.3 is 0 Å². The molecule has 0 spiro atoms. The van der Waals surface area contributed by atoms with Gasteiger partial charge in [-0.15, -0.1) is 12.4 Å². The van der Waals surface area contributed by atoms with Crippen molar-refractivity contribution in [2.45, 2.75) is 44.2 Å². The second-order valence-electron chi connectivity index (χ2n) is 6.77. The molecule has 1 aromatic rings. The van der Waals surface area contributed by atoms with E-state index >= 15 is 0 Å². The minimum atomic E-state index is 0. The van der Waals surface area contributed by atoms with Crippen molar-refractivity contribution in [3.63, 3.8) is 0 Å². The summed E-state index contributed by atoms with van der Waals surface area (Å²) in [5.41, 5.74) is 1.19. The molecule has 1 unspecified atom stereocenters. The molecule has 0 bridgehead atoms. The topological polar surface area (TPSA) is 48.5 Å². The van der Waals surface area contributed by atoms with Crippen molar-refractivity contribution in [1.82, 2.24) is 20.1 Å². The first-order chi connectivity index (χ1) is 11.3. The van der Waals surface area contributed by atoms with Gasteiger partial charge in [0.2, 0.25) is 5.91 Å². The third kappa shape index (κ3) is 4.68. The quantitative estimate of drug-likeness (QED) is 0.902. The van der Waals surface area contributed by atoms with E-state index in [-0.39, 0.29) is 24.4 Å². The summed E-state index contributed by atoms with van der Waals surface area (Å²) in [4.78, 5) is 21.3. The monoisotopic (exact) mass is 352 g/mol. The van der Waals surface area contributed by atoms with Crippen molar-refractivity contribution in [3.8, 4) is 0 Å². The van der Waals surface area contributed by atoms with Crippen molar-refractivity contribution in [3.05, 3.63) is 30.1 Å². The maximum Gasteiger partial charge on any atom is 0.236 e. The first-order valence-electron chi connectivity index (χ1n) is 8.86. The third-order valence-electron chi connectivity index (χ3n) is 5.28. The molecule has 134 valence electrons. The molecule has 0 radical (unpaired) electrons. The Morgan fingerprint density at radius 2 is 2.17 bits per heavy atom. The maximum absolute atomic E-state index is 12.7. The molecule has 1 saturated carbocycles. The summed E-state index contributed by atoms with van der Waals surface area (Å²) in [5, 5.41) is 3.43. The van der Waals surface area contributed by atoms with Crippen LogP contribution in [0.25, 0.3) is 0 Å². The Morgan fingerprint density at radius 1 is 1.38 bits per heavy atom. The fraction of sp³-hybridized carbons (Fsp3) is 0.667. The molecule has 1 aliphatic heterocycles. The van der Waals surface area contributed by atoms with Crippen molar-refractivity contribution < 1.29 is 4.79 Å². The zero-order valence-electron chi connectivity index (χ0n) is 14.5. The third-order valence-corrected chi connectivity index (χ3v) is 5.28. The molecule has 2 fully saturated rings. The summed E-state index contributed by atoms with van der Waals surface area (Å²) < 4.78 is 0. The Labute approximate surface area is 151 Å². The van der Waals surface area contributed by atoms with Crippen LogP contribution < -0.4 is 5.32 Å². The SMILES string of the molecule is CN(C(=O)CN1CCNCC1c1cccnc1)C1CCCCC1.Cl. The van der Waals surface area contributed by atoms with Crippen LogP contribution in [0, 0.1) is 0 Å². The molecule has 3 rings (SSSR count). The van der Waals surface area contributed by atoms with Gasteiger partial charge < -0.3 is 10.2 Å². The molecular weight excluding hydrogens is 324 g/mol. The number of aromatic nitrogens is 1. The van der Waals surface area contributed by atoms with Gasteiger partial charge in [-0.2, -0.15) is 0 Å². The molecule has 2 aliphatic rings. The largest absolute Gasteiger partial charge is 0.342 e. The van der Waals surface area contributed by atoms with Crippen molar-refractivity contribution >= 4 is 18.3 Å². The summed E-state index contributed by atoms with van der Waals surface area (Å²) in [6.07, 6.45) is 9.87. The van der Waals surface area contributed by atoms with Gasteiger partial charge in [0.1, 0.15) is 0 Å². The highest BCUT2D eigenvalue weighted by Gasteiger charge is 2.28. The Kier molecular flexibility index (Phi) is 7.46. The van der Waals surface area contributed by atoms with E-state index in [0.29, 0.717) is 12.6 Å². The van der Waals surface area contributed by atoms with Crippen molar-refractivity contribution in [2.75, 3.05) is 33.2 Å². The van der Waals surface area contributed by atoms with Gasteiger partial charge in [-0.1, -0.05) is 25.3 Å². The number of amides is 1. The predicted octanol–water partition coefficient (Wildman–Crippen LogP) is 2.24. The van der Waals surface area contributed by atoms with Crippen molar-refractivity contribution in [1.29, 1.82) is 0 Å². The summed E-state index contributed by atoms with van der Waals surface area (Å²) in [7, 11) is 1.99. The highest BCUT2D eigenvalue weighted by Crippen LogP contribution is 2.24. The lowest BCUT2D eigenvalue weighted by Gasteiger charge is -2.38. The minimum absolute atomic E-state index is 0. The first kappa shape index (κ1) is 19.2. The molecule has 1 N–H and O–H groups in total. The molecule has 1 amide bonds. The zero-order valence-corrected chi connectivity index (χ0v) is 15.3. The van der Waals surface area contributed by atoms with E-state index in [4.69, 9.17) is 0 Å². The number of pyridine rings is 1. The van der Waals surface area contributed by atoms with Gasteiger partial charge in [0.15, 0.2) is 0 Å². The Hall–Kier alpha value is -1.17. The summed E-state index contributed by atoms with van der Waals surface area (Å²) in [6.45, 7) is 3.24. The normalized spacial score (nSPS) is 22.6. The van der Waals surface area contributed by atoms with E-state index in [1.54, 1.807) is 6.20 Å². The van der Waals surface area contributed by atoms with E-state index in [0.717, 1.165) is 32.5 Å². The van der Waals surface area contributed by atoms with Crippen LogP contribution in [0.3, 0.4) is 0 Å². The van der Waals surface area contributed by atoms with Crippen LogP contribution in [0.15, 0.2) is 24.5 Å². The molecule has 5 nitrogen and oxygen atoms in total. The van der Waals surface area contributed by atoms with Gasteiger partial charge in [-0.25, -0.2) is 0 Å². The van der Waals surface area contributed by atoms with E-state index < -0.39 is 0 Å². The van der Waals surface area contributed by atoms with Crippen LogP contribution in [0.2, 0.25) is 0 Å². The minimum Gasteiger partial charge on any atom is -0.342 e. The first-order valence-corrected chi connectivity index (χ1v) is 8.86. The van der Waals surface area contributed by atoms with Crippen LogP contribution in [0.5, 0.6) is 0 Å². The number of hydrogen-bond acceptors (Lipinski definition) is 4. The number of piperazine rings is 1. The lowest BCUT2D eigenvalue weighted by Crippen LogP contribution is -2.51. The highest BCUT2D eigenvalue weighted by atomic mass is 35.5. The molecular formula is C18H29ClN4O. The predicted molar refractivity (Wildman–Crippen MR) is 98.3 cm³/mol. The van der Waals surface area contributed by atoms with Gasteiger partial charge in [0.25, 0.3) is 0 Å². The fourth-order valence-electron chi connectivity index (χ4n) is 3.79. The number of halogens is 1. The second-order valence-corrected chi connectivity index (χ2v) is 6.77. The smallest absolute Gasteiger partial charge is 0.236 e. The molecule has 2 heterocycles. The zero-order chi connectivity index (χ0) is 16.1. The molecule has 1 saturated heterocycles. The fourth-order valence-corrected chi connectivity index (χ4v) is 3.79. The molecule has 24 heavy (non-hydrogen) atoms. The number of carbonyl (C=O) groups is 1. The van der Waals surface area contributed by atoms with E-state index in [9.17, 15) is 4.79 Å². The Morgan fingerprint density at radius 3 is 2.88 bits per heavy atom. The van der Waals surface area contributed by atoms with Crippen molar-refractivity contribution in [2.24, 2.45) is 0 Å². The standard InChI is InChI=1S/C18H28N4O.ClH/c1-21(16-7-3-2-4-8-16)18(23)14-22-11-10-20-13-17(22)15-6-5-9-19-12-15;/h5-6,9,12,16-17,20H,2-4,7-8,10-11,13-14H2,1H3;1H. The summed E-state index contributed by atoms with van der Waals surface area (Å²) in [5.74, 6) is 0.257. The number of nitrogens with zero attached hydrogens (tertiary/aromatic N) is 3. The molecule has 1 aliphatic carbocycles. The van der Waals surface area contributed by atoms with Crippen LogP contribution >= 0.6 is 12.4 Å². The molecule has 6 heteroatoms. The van der Waals surface area contributed by atoms with Gasteiger partial charge in [0, 0.05) is 51.2 Å². The van der Waals surface area contributed by atoms with Crippen LogP contribution in [-0.4, -0.2) is 60.0 Å². The average Bonchev–Trinajstić information content (AvgIpc) is 2.63. The Balaban J connectivity index is 0.00000208. The van der Waals surface area contributed by atoms with E-state index in [1.807, 2.05) is 24.2 Å². The average molecular weight is 353 g/mol. The second kappa shape index (κ2) is 9.35. The lowest BCUT2D eigenvalue weighted by atomic mass is 9.94. The maximum atomic E-state index is 12.7.